The number of benzene rings is 1. The topological polar surface area (TPSA) is 89.3 Å². The van der Waals surface area contributed by atoms with E-state index in [0.29, 0.717) is 0 Å². The summed E-state index contributed by atoms with van der Waals surface area (Å²) in [5.41, 5.74) is 0.527. The van der Waals surface area contributed by atoms with Crippen LogP contribution in [0.15, 0.2) is 29.1 Å². The van der Waals surface area contributed by atoms with Gasteiger partial charge in [-0.3, -0.25) is 9.59 Å². The van der Waals surface area contributed by atoms with E-state index < -0.39 is 23.3 Å². The van der Waals surface area contributed by atoms with Crippen LogP contribution >= 0.6 is 11.3 Å². The van der Waals surface area contributed by atoms with Crippen LogP contribution in [0, 0.1) is 11.3 Å². The van der Waals surface area contributed by atoms with E-state index in [-0.39, 0.29) is 48.9 Å². The first-order chi connectivity index (χ1) is 14.8. The number of aromatic nitrogens is 1. The molecule has 2 aromatic rings. The second-order valence-corrected chi connectivity index (χ2v) is 8.18. The number of hydrogen-bond donors (Lipinski definition) is 1. The minimum atomic E-state index is -4.67. The predicted molar refractivity (Wildman–Crippen MR) is 106 cm³/mol. The van der Waals surface area contributed by atoms with Crippen LogP contribution in [0.3, 0.4) is 0 Å². The van der Waals surface area contributed by atoms with Crippen molar-refractivity contribution in [2.24, 2.45) is 0 Å². The van der Waals surface area contributed by atoms with E-state index >= 15 is 0 Å². The minimum Gasteiger partial charge on any atom is -0.367 e. The van der Waals surface area contributed by atoms with Crippen LogP contribution in [0.4, 0.5) is 18.9 Å². The second-order valence-electron chi connectivity index (χ2n) is 7.46. The smallest absolute Gasteiger partial charge is 0.367 e. The molecule has 2 amide bonds. The van der Waals surface area contributed by atoms with Gasteiger partial charge in [0.1, 0.15) is 11.7 Å². The predicted octanol–water partition coefficient (Wildman–Crippen LogP) is 2.64. The Balaban J connectivity index is 1.61. The zero-order valence-corrected chi connectivity index (χ0v) is 17.0. The monoisotopic (exact) mass is 449 g/mol. The van der Waals surface area contributed by atoms with Crippen LogP contribution in [0.5, 0.6) is 0 Å². The number of alkyl halides is 3. The summed E-state index contributed by atoms with van der Waals surface area (Å²) >= 11 is 1.26. The molecular weight excluding hydrogens is 431 g/mol. The van der Waals surface area contributed by atoms with Crippen molar-refractivity contribution in [2.45, 2.75) is 31.1 Å². The lowest BCUT2D eigenvalue weighted by atomic mass is 10.0. The van der Waals surface area contributed by atoms with Gasteiger partial charge in [-0.2, -0.15) is 18.4 Å². The molecule has 11 heteroatoms. The fourth-order valence-corrected chi connectivity index (χ4v) is 4.06. The Morgan fingerprint density at radius 3 is 2.65 bits per heavy atom. The first-order valence-electron chi connectivity index (χ1n) is 9.63. The molecule has 1 saturated heterocycles. The fraction of sp³-hybridized carbons (Fsp3) is 0.400. The first kappa shape index (κ1) is 21.1. The number of halogens is 3. The number of carbonyl (C=O) groups excluding carboxylic acids is 2. The number of hydrogen-bond acceptors (Lipinski definition) is 6. The van der Waals surface area contributed by atoms with E-state index in [0.717, 1.165) is 25.0 Å². The van der Waals surface area contributed by atoms with Gasteiger partial charge in [-0.1, -0.05) is 0 Å². The summed E-state index contributed by atoms with van der Waals surface area (Å²) < 4.78 is 40.1. The van der Waals surface area contributed by atoms with E-state index in [9.17, 15) is 22.8 Å². The van der Waals surface area contributed by atoms with Crippen LogP contribution in [0.2, 0.25) is 0 Å². The van der Waals surface area contributed by atoms with Gasteiger partial charge in [0.05, 0.1) is 22.7 Å². The van der Waals surface area contributed by atoms with Gasteiger partial charge in [0, 0.05) is 36.7 Å². The first-order valence-corrected chi connectivity index (χ1v) is 10.6. The number of nitriles is 1. The minimum absolute atomic E-state index is 0.0393. The van der Waals surface area contributed by atoms with Gasteiger partial charge in [-0.15, -0.1) is 11.3 Å². The summed E-state index contributed by atoms with van der Waals surface area (Å²) in [6.45, 7) is 0.435. The van der Waals surface area contributed by atoms with Crippen molar-refractivity contribution < 1.29 is 22.8 Å². The third-order valence-corrected chi connectivity index (χ3v) is 5.90. The maximum atomic E-state index is 13.4. The van der Waals surface area contributed by atoms with Crippen LogP contribution in [0.25, 0.3) is 0 Å². The molecular formula is C20H18F3N5O2S. The van der Waals surface area contributed by atoms with Gasteiger partial charge >= 0.3 is 6.18 Å². The van der Waals surface area contributed by atoms with Crippen molar-refractivity contribution >= 4 is 28.8 Å². The molecule has 0 radical (unpaired) electrons. The Kier molecular flexibility index (Phi) is 5.58. The average Bonchev–Trinajstić information content (AvgIpc) is 3.39. The van der Waals surface area contributed by atoms with Gasteiger partial charge in [0.15, 0.2) is 0 Å². The van der Waals surface area contributed by atoms with Crippen LogP contribution in [-0.4, -0.2) is 53.4 Å². The van der Waals surface area contributed by atoms with E-state index in [1.165, 1.54) is 27.8 Å². The van der Waals surface area contributed by atoms with E-state index in [1.807, 2.05) is 0 Å². The number of nitrogens with zero attached hydrogens (tertiary/aromatic N) is 4. The lowest BCUT2D eigenvalue weighted by molar-refractivity contribution is -0.137. The maximum Gasteiger partial charge on any atom is 0.417 e. The SMILES string of the molecule is N#Cc1ccc(N2CCN(C(=O)c3cscn3)C(C(=O)NC3CC3)C2)cc1C(F)(F)F. The maximum absolute atomic E-state index is 13.4. The molecule has 1 N–H and O–H groups in total. The highest BCUT2D eigenvalue weighted by Gasteiger charge is 2.39. The molecule has 1 atom stereocenters. The highest BCUT2D eigenvalue weighted by atomic mass is 32.1. The standard InChI is InChI=1S/C20H18F3N5O2S/c21-20(22,23)15-7-14(4-1-12(15)8-24)27-5-6-28(19(30)16-10-31-11-25-16)17(9-27)18(29)26-13-2-3-13/h1,4,7,10-11,13,17H,2-3,5-6,9H2,(H,26,29). The second kappa shape index (κ2) is 8.19. The van der Waals surface area contributed by atoms with Gasteiger partial charge in [-0.05, 0) is 31.0 Å². The van der Waals surface area contributed by atoms with Gasteiger partial charge in [0.25, 0.3) is 5.91 Å². The molecule has 162 valence electrons. The molecule has 31 heavy (non-hydrogen) atoms. The Hall–Kier alpha value is -3.13. The summed E-state index contributed by atoms with van der Waals surface area (Å²) in [4.78, 5) is 32.8. The summed E-state index contributed by atoms with van der Waals surface area (Å²) in [5.74, 6) is -0.715. The van der Waals surface area contributed by atoms with Crippen molar-refractivity contribution in [2.75, 3.05) is 24.5 Å². The highest BCUT2D eigenvalue weighted by Crippen LogP contribution is 2.35. The van der Waals surface area contributed by atoms with Crippen molar-refractivity contribution in [3.8, 4) is 6.07 Å². The summed E-state index contributed by atoms with van der Waals surface area (Å²) in [6, 6.07) is 4.26. The van der Waals surface area contributed by atoms with Crippen LogP contribution < -0.4 is 10.2 Å². The lowest BCUT2D eigenvalue weighted by Crippen LogP contribution is -2.61. The van der Waals surface area contributed by atoms with E-state index in [2.05, 4.69) is 10.3 Å². The normalized spacial score (nSPS) is 19.1. The van der Waals surface area contributed by atoms with Crippen molar-refractivity contribution in [3.05, 3.63) is 45.9 Å². The molecule has 7 nitrogen and oxygen atoms in total. The molecule has 0 spiro atoms. The molecule has 1 aromatic heterocycles. The van der Waals surface area contributed by atoms with Crippen molar-refractivity contribution in [3.63, 3.8) is 0 Å². The molecule has 2 heterocycles. The molecule has 1 aliphatic carbocycles. The Bertz CT molecular complexity index is 1030. The summed E-state index contributed by atoms with van der Waals surface area (Å²) in [7, 11) is 0. The molecule has 4 rings (SSSR count). The molecule has 2 aliphatic rings. The molecule has 0 bridgehead atoms. The quantitative estimate of drug-likeness (QED) is 0.775. The third kappa shape index (κ3) is 4.49. The highest BCUT2D eigenvalue weighted by molar-refractivity contribution is 7.07. The molecule has 2 fully saturated rings. The average molecular weight is 449 g/mol. The van der Waals surface area contributed by atoms with Crippen molar-refractivity contribution in [1.29, 1.82) is 5.26 Å². The number of piperazine rings is 1. The number of anilines is 1. The number of thiazole rings is 1. The molecule has 1 saturated carbocycles. The number of rotatable bonds is 4. The molecule has 1 aliphatic heterocycles. The van der Waals surface area contributed by atoms with Gasteiger partial charge in [0.2, 0.25) is 5.91 Å². The van der Waals surface area contributed by atoms with Crippen LogP contribution in [0.1, 0.15) is 34.5 Å². The van der Waals surface area contributed by atoms with E-state index in [1.54, 1.807) is 16.3 Å². The largest absolute Gasteiger partial charge is 0.417 e. The summed E-state index contributed by atoms with van der Waals surface area (Å²) in [5, 5.41) is 13.5. The van der Waals surface area contributed by atoms with Gasteiger partial charge < -0.3 is 15.1 Å². The van der Waals surface area contributed by atoms with Gasteiger partial charge in [-0.25, -0.2) is 4.98 Å². The third-order valence-electron chi connectivity index (χ3n) is 5.31. The number of nitrogens with one attached hydrogen (secondary N) is 1. The van der Waals surface area contributed by atoms with Crippen LogP contribution in [-0.2, 0) is 11.0 Å². The lowest BCUT2D eigenvalue weighted by Gasteiger charge is -2.41. The Morgan fingerprint density at radius 1 is 1.26 bits per heavy atom. The number of carbonyl (C=O) groups is 2. The van der Waals surface area contributed by atoms with Crippen molar-refractivity contribution in [1.82, 2.24) is 15.2 Å². The zero-order chi connectivity index (χ0) is 22.2. The Labute approximate surface area is 180 Å². The fourth-order valence-electron chi connectivity index (χ4n) is 3.54. The van der Waals surface area contributed by atoms with E-state index in [4.69, 9.17) is 5.26 Å². The Morgan fingerprint density at radius 2 is 2.03 bits per heavy atom. The molecule has 1 aromatic carbocycles. The number of amides is 2. The molecule has 1 unspecified atom stereocenters. The summed E-state index contributed by atoms with van der Waals surface area (Å²) in [6.07, 6.45) is -2.94. The zero-order valence-electron chi connectivity index (χ0n) is 16.2.